The van der Waals surface area contributed by atoms with Gasteiger partial charge in [0.15, 0.2) is 0 Å². The van der Waals surface area contributed by atoms with Crippen LogP contribution in [0.4, 0.5) is 11.4 Å². The number of nitrogen functional groups attached to an aromatic ring is 1. The third kappa shape index (κ3) is 2.83. The van der Waals surface area contributed by atoms with Crippen molar-refractivity contribution in [2.75, 3.05) is 18.2 Å². The molecule has 2 rings (SSSR count). The van der Waals surface area contributed by atoms with Gasteiger partial charge in [-0.15, -0.1) is 0 Å². The second kappa shape index (κ2) is 5.97. The molecule has 0 aliphatic rings. The fourth-order valence-electron chi connectivity index (χ4n) is 2.01. The molecule has 0 unspecified atom stereocenters. The van der Waals surface area contributed by atoms with Crippen molar-refractivity contribution in [1.29, 1.82) is 0 Å². The van der Waals surface area contributed by atoms with Crippen molar-refractivity contribution in [1.82, 2.24) is 0 Å². The summed E-state index contributed by atoms with van der Waals surface area (Å²) in [5.74, 6) is 0.259. The number of carbonyl (C=O) groups excluding carboxylic acids is 1. The largest absolute Gasteiger partial charge is 0.496 e. The van der Waals surface area contributed by atoms with E-state index in [-0.39, 0.29) is 0 Å². The van der Waals surface area contributed by atoms with Gasteiger partial charge in [0.2, 0.25) is 0 Å². The molecule has 0 spiro atoms. The van der Waals surface area contributed by atoms with E-state index in [1.54, 1.807) is 25.3 Å². The fourth-order valence-corrected chi connectivity index (χ4v) is 2.01. The van der Waals surface area contributed by atoms with Gasteiger partial charge in [0.25, 0.3) is 5.91 Å². The molecule has 0 heterocycles. The van der Waals surface area contributed by atoms with Gasteiger partial charge in [-0.3, -0.25) is 4.79 Å². The number of hydrogen-bond donors (Lipinski definition) is 3. The molecule has 5 nitrogen and oxygen atoms in total. The summed E-state index contributed by atoms with van der Waals surface area (Å²) in [5.41, 5.74) is 13.6. The number of nitrogens with two attached hydrogens (primary N) is 2. The SMILES string of the molecule is COc1ccccc1CNc1c(N)cccc1C(N)=O. The molecule has 104 valence electrons. The number of anilines is 2. The van der Waals surface area contributed by atoms with Crippen LogP contribution < -0.4 is 21.5 Å². The van der Waals surface area contributed by atoms with Crippen LogP contribution >= 0.6 is 0 Å². The summed E-state index contributed by atoms with van der Waals surface area (Å²) in [7, 11) is 1.62. The second-order valence-electron chi connectivity index (χ2n) is 4.30. The topological polar surface area (TPSA) is 90.4 Å². The summed E-state index contributed by atoms with van der Waals surface area (Å²) in [4.78, 5) is 11.4. The molecule has 20 heavy (non-hydrogen) atoms. The van der Waals surface area contributed by atoms with Crippen molar-refractivity contribution in [3.63, 3.8) is 0 Å². The third-order valence-electron chi connectivity index (χ3n) is 3.01. The van der Waals surface area contributed by atoms with Crippen molar-refractivity contribution in [3.8, 4) is 5.75 Å². The zero-order valence-electron chi connectivity index (χ0n) is 11.2. The number of methoxy groups -OCH3 is 1. The average molecular weight is 271 g/mol. The van der Waals surface area contributed by atoms with E-state index in [9.17, 15) is 4.79 Å². The van der Waals surface area contributed by atoms with Crippen molar-refractivity contribution in [3.05, 3.63) is 53.6 Å². The number of primary amides is 1. The number of nitrogens with one attached hydrogen (secondary N) is 1. The maximum atomic E-state index is 11.4. The number of rotatable bonds is 5. The van der Waals surface area contributed by atoms with E-state index in [0.29, 0.717) is 23.5 Å². The Morgan fingerprint density at radius 1 is 1.20 bits per heavy atom. The summed E-state index contributed by atoms with van der Waals surface area (Å²) in [6, 6.07) is 12.7. The number of para-hydroxylation sites is 2. The monoisotopic (exact) mass is 271 g/mol. The van der Waals surface area contributed by atoms with E-state index in [4.69, 9.17) is 16.2 Å². The van der Waals surface area contributed by atoms with Gasteiger partial charge >= 0.3 is 0 Å². The minimum absolute atomic E-state index is 0.375. The first-order valence-corrected chi connectivity index (χ1v) is 6.17. The Morgan fingerprint density at radius 2 is 1.95 bits per heavy atom. The van der Waals surface area contributed by atoms with Crippen LogP contribution in [-0.2, 0) is 6.54 Å². The molecule has 5 N–H and O–H groups in total. The Morgan fingerprint density at radius 3 is 2.65 bits per heavy atom. The van der Waals surface area contributed by atoms with E-state index in [1.165, 1.54) is 0 Å². The zero-order chi connectivity index (χ0) is 14.5. The summed E-state index contributed by atoms with van der Waals surface area (Å²) >= 11 is 0. The average Bonchev–Trinajstić information content (AvgIpc) is 2.46. The number of carbonyl (C=O) groups is 1. The molecule has 0 aliphatic heterocycles. The Labute approximate surface area is 117 Å². The van der Waals surface area contributed by atoms with Gasteiger partial charge in [-0.25, -0.2) is 0 Å². The molecule has 0 atom stereocenters. The highest BCUT2D eigenvalue weighted by molar-refractivity contribution is 6.01. The van der Waals surface area contributed by atoms with Crippen LogP contribution in [0.1, 0.15) is 15.9 Å². The minimum Gasteiger partial charge on any atom is -0.496 e. The maximum Gasteiger partial charge on any atom is 0.250 e. The van der Waals surface area contributed by atoms with Crippen molar-refractivity contribution in [2.24, 2.45) is 5.73 Å². The quantitative estimate of drug-likeness (QED) is 0.725. The van der Waals surface area contributed by atoms with Gasteiger partial charge in [0, 0.05) is 12.1 Å². The minimum atomic E-state index is -0.514. The molecular formula is C15H17N3O2. The molecular weight excluding hydrogens is 254 g/mol. The number of amides is 1. The van der Waals surface area contributed by atoms with Crippen molar-refractivity contribution < 1.29 is 9.53 Å². The van der Waals surface area contributed by atoms with E-state index in [0.717, 1.165) is 11.3 Å². The van der Waals surface area contributed by atoms with Gasteiger partial charge in [-0.2, -0.15) is 0 Å². The van der Waals surface area contributed by atoms with Gasteiger partial charge in [-0.05, 0) is 18.2 Å². The van der Waals surface area contributed by atoms with Crippen LogP contribution in [0.3, 0.4) is 0 Å². The lowest BCUT2D eigenvalue weighted by Gasteiger charge is -2.14. The number of benzene rings is 2. The smallest absolute Gasteiger partial charge is 0.250 e. The molecule has 5 heteroatoms. The van der Waals surface area contributed by atoms with Gasteiger partial charge < -0.3 is 21.5 Å². The molecule has 2 aromatic carbocycles. The van der Waals surface area contributed by atoms with Crippen LogP contribution in [0.15, 0.2) is 42.5 Å². The van der Waals surface area contributed by atoms with Crippen molar-refractivity contribution in [2.45, 2.75) is 6.54 Å². The predicted molar refractivity (Wildman–Crippen MR) is 79.7 cm³/mol. The fraction of sp³-hybridized carbons (Fsp3) is 0.133. The third-order valence-corrected chi connectivity index (χ3v) is 3.01. The second-order valence-corrected chi connectivity index (χ2v) is 4.30. The predicted octanol–water partition coefficient (Wildman–Crippen LogP) is 1.99. The molecule has 0 fully saturated rings. The van der Waals surface area contributed by atoms with Gasteiger partial charge in [0.05, 0.1) is 24.0 Å². The molecule has 0 saturated heterocycles. The molecule has 0 aromatic heterocycles. The Bertz CT molecular complexity index is 626. The van der Waals surface area contributed by atoms with E-state index >= 15 is 0 Å². The number of hydrogen-bond acceptors (Lipinski definition) is 4. The van der Waals surface area contributed by atoms with Crippen LogP contribution in [0.2, 0.25) is 0 Å². The summed E-state index contributed by atoms with van der Waals surface area (Å²) in [5, 5.41) is 3.15. The first-order chi connectivity index (χ1) is 9.63. The van der Waals surface area contributed by atoms with E-state index in [1.807, 2.05) is 24.3 Å². The lowest BCUT2D eigenvalue weighted by atomic mass is 10.1. The molecule has 2 aromatic rings. The molecule has 0 aliphatic carbocycles. The lowest BCUT2D eigenvalue weighted by molar-refractivity contribution is 0.100. The zero-order valence-corrected chi connectivity index (χ0v) is 11.2. The molecule has 0 bridgehead atoms. The summed E-state index contributed by atoms with van der Waals surface area (Å²) < 4.78 is 5.28. The molecule has 0 saturated carbocycles. The highest BCUT2D eigenvalue weighted by Gasteiger charge is 2.11. The maximum absolute atomic E-state index is 11.4. The van der Waals surface area contributed by atoms with Crippen LogP contribution in [0, 0.1) is 0 Å². The summed E-state index contributed by atoms with van der Waals surface area (Å²) in [6.45, 7) is 0.485. The van der Waals surface area contributed by atoms with Crippen LogP contribution in [-0.4, -0.2) is 13.0 Å². The summed E-state index contributed by atoms with van der Waals surface area (Å²) in [6.07, 6.45) is 0. The first kappa shape index (κ1) is 13.7. The molecule has 0 radical (unpaired) electrons. The van der Waals surface area contributed by atoms with Crippen molar-refractivity contribution >= 4 is 17.3 Å². The van der Waals surface area contributed by atoms with E-state index < -0.39 is 5.91 Å². The highest BCUT2D eigenvalue weighted by atomic mass is 16.5. The van der Waals surface area contributed by atoms with Gasteiger partial charge in [-0.1, -0.05) is 24.3 Å². The van der Waals surface area contributed by atoms with Crippen LogP contribution in [0.25, 0.3) is 0 Å². The highest BCUT2D eigenvalue weighted by Crippen LogP contribution is 2.25. The molecule has 1 amide bonds. The standard InChI is InChI=1S/C15H17N3O2/c1-20-13-8-3-2-5-10(13)9-18-14-11(15(17)19)6-4-7-12(14)16/h2-8,18H,9,16H2,1H3,(H2,17,19). The van der Waals surface area contributed by atoms with E-state index in [2.05, 4.69) is 5.32 Å². The first-order valence-electron chi connectivity index (χ1n) is 6.17. The van der Waals surface area contributed by atoms with Crippen LogP contribution in [0.5, 0.6) is 5.75 Å². The Balaban J connectivity index is 2.25. The lowest BCUT2D eigenvalue weighted by Crippen LogP contribution is -2.15. The Kier molecular flexibility index (Phi) is 4.10. The van der Waals surface area contributed by atoms with Gasteiger partial charge in [0.1, 0.15) is 5.75 Å². The number of ether oxygens (including phenoxy) is 1. The Hall–Kier alpha value is -2.69. The normalized spacial score (nSPS) is 10.1.